The molecule has 0 bridgehead atoms. The van der Waals surface area contributed by atoms with Crippen LogP contribution in [0.5, 0.6) is 11.5 Å². The molecule has 1 heterocycles. The van der Waals surface area contributed by atoms with Crippen LogP contribution in [0, 0.1) is 0 Å². The molecule has 0 radical (unpaired) electrons. The summed E-state index contributed by atoms with van der Waals surface area (Å²) in [5.74, 6) is 0.967. The Morgan fingerprint density at radius 1 is 0.786 bits per heavy atom. The zero-order chi connectivity index (χ0) is 19.3. The summed E-state index contributed by atoms with van der Waals surface area (Å²) in [4.78, 5) is 24.9. The minimum atomic E-state index is -0.241. The molecule has 0 atom stereocenters. The van der Waals surface area contributed by atoms with E-state index in [0.717, 1.165) is 12.8 Å². The summed E-state index contributed by atoms with van der Waals surface area (Å²) in [7, 11) is 0. The zero-order valence-corrected chi connectivity index (χ0v) is 15.7. The van der Waals surface area contributed by atoms with Gasteiger partial charge in [0.25, 0.3) is 11.8 Å². The number of hydrogen-bond acceptors (Lipinski definition) is 4. The molecule has 2 aliphatic rings. The summed E-state index contributed by atoms with van der Waals surface area (Å²) >= 11 is 0. The van der Waals surface area contributed by atoms with E-state index >= 15 is 0 Å². The molecule has 6 nitrogen and oxygen atoms in total. The molecule has 6 heteroatoms. The van der Waals surface area contributed by atoms with Gasteiger partial charge in [0.1, 0.15) is 0 Å². The topological polar surface area (TPSA) is 76.7 Å². The molecule has 1 saturated carbocycles. The van der Waals surface area contributed by atoms with Crippen molar-refractivity contribution in [2.75, 3.05) is 12.1 Å². The van der Waals surface area contributed by atoms with Crippen LogP contribution in [0.15, 0.2) is 42.5 Å². The quantitative estimate of drug-likeness (QED) is 0.783. The third-order valence-corrected chi connectivity index (χ3v) is 5.23. The van der Waals surface area contributed by atoms with E-state index in [0.29, 0.717) is 28.3 Å². The first-order chi connectivity index (χ1) is 13.7. The fourth-order valence-electron chi connectivity index (χ4n) is 3.64. The van der Waals surface area contributed by atoms with Crippen LogP contribution >= 0.6 is 0 Å². The van der Waals surface area contributed by atoms with Crippen LogP contribution in [0.2, 0.25) is 0 Å². The molecule has 28 heavy (non-hydrogen) atoms. The zero-order valence-electron chi connectivity index (χ0n) is 15.7. The normalized spacial score (nSPS) is 16.3. The third kappa shape index (κ3) is 4.27. The third-order valence-electron chi connectivity index (χ3n) is 5.23. The molecule has 0 spiro atoms. The lowest BCUT2D eigenvalue weighted by Crippen LogP contribution is -2.34. The number of ether oxygens (including phenoxy) is 2. The molecule has 2 aromatic rings. The summed E-state index contributed by atoms with van der Waals surface area (Å²) in [6, 6.07) is 12.2. The second-order valence-electron chi connectivity index (χ2n) is 7.26. The van der Waals surface area contributed by atoms with E-state index in [1.54, 1.807) is 42.5 Å². The lowest BCUT2D eigenvalue weighted by atomic mass is 10.1. The maximum absolute atomic E-state index is 12.5. The van der Waals surface area contributed by atoms with E-state index in [-0.39, 0.29) is 24.6 Å². The van der Waals surface area contributed by atoms with Crippen LogP contribution < -0.4 is 20.1 Å². The fourth-order valence-corrected chi connectivity index (χ4v) is 3.64. The number of benzene rings is 2. The summed E-state index contributed by atoms with van der Waals surface area (Å²) in [6.07, 6.45) is 6.93. The standard InChI is InChI=1S/C22H24N2O4/c25-21(23-17-5-3-1-2-4-6-17)15-7-9-16(10-8-15)22(26)24-18-11-12-19-20(13-18)28-14-27-19/h7-13,17H,1-6,14H2,(H,23,25)(H,24,26). The van der Waals surface area contributed by atoms with Gasteiger partial charge in [-0.3, -0.25) is 9.59 Å². The van der Waals surface area contributed by atoms with Crippen LogP contribution in [0.4, 0.5) is 5.69 Å². The van der Waals surface area contributed by atoms with Gasteiger partial charge >= 0.3 is 0 Å². The van der Waals surface area contributed by atoms with Gasteiger partial charge < -0.3 is 20.1 Å². The lowest BCUT2D eigenvalue weighted by Gasteiger charge is -2.16. The predicted molar refractivity (Wildman–Crippen MR) is 106 cm³/mol. The molecule has 0 aromatic heterocycles. The maximum atomic E-state index is 12.5. The number of rotatable bonds is 4. The number of carbonyl (C=O) groups excluding carboxylic acids is 2. The molecule has 1 fully saturated rings. The molecule has 2 amide bonds. The number of amides is 2. The van der Waals surface area contributed by atoms with Crippen molar-refractivity contribution in [1.29, 1.82) is 0 Å². The molecular formula is C22H24N2O4. The molecule has 2 aromatic carbocycles. The highest BCUT2D eigenvalue weighted by atomic mass is 16.7. The van der Waals surface area contributed by atoms with E-state index in [2.05, 4.69) is 10.6 Å². The second-order valence-corrected chi connectivity index (χ2v) is 7.26. The average molecular weight is 380 g/mol. The molecule has 4 rings (SSSR count). The highest BCUT2D eigenvalue weighted by Crippen LogP contribution is 2.34. The number of nitrogens with one attached hydrogen (secondary N) is 2. The van der Waals surface area contributed by atoms with Crippen molar-refractivity contribution in [3.63, 3.8) is 0 Å². The van der Waals surface area contributed by atoms with Gasteiger partial charge in [0, 0.05) is 28.9 Å². The highest BCUT2D eigenvalue weighted by molar-refractivity contribution is 6.05. The highest BCUT2D eigenvalue weighted by Gasteiger charge is 2.17. The Kier molecular flexibility index (Phi) is 5.46. The van der Waals surface area contributed by atoms with Gasteiger partial charge in [-0.2, -0.15) is 0 Å². The average Bonchev–Trinajstić information content (AvgIpc) is 3.03. The molecule has 0 unspecified atom stereocenters. The monoisotopic (exact) mass is 380 g/mol. The van der Waals surface area contributed by atoms with Crippen molar-refractivity contribution < 1.29 is 19.1 Å². The van der Waals surface area contributed by atoms with Crippen LogP contribution in [-0.4, -0.2) is 24.6 Å². The SMILES string of the molecule is O=C(Nc1ccc2c(c1)OCO2)c1ccc(C(=O)NC2CCCCCC2)cc1. The molecular weight excluding hydrogens is 356 g/mol. The smallest absolute Gasteiger partial charge is 0.255 e. The summed E-state index contributed by atoms with van der Waals surface area (Å²) in [6.45, 7) is 0.192. The van der Waals surface area contributed by atoms with Crippen LogP contribution in [0.3, 0.4) is 0 Å². The van der Waals surface area contributed by atoms with Crippen molar-refractivity contribution in [2.45, 2.75) is 44.6 Å². The van der Waals surface area contributed by atoms with Crippen molar-refractivity contribution in [2.24, 2.45) is 0 Å². The van der Waals surface area contributed by atoms with Crippen molar-refractivity contribution in [3.8, 4) is 11.5 Å². The van der Waals surface area contributed by atoms with Crippen LogP contribution in [0.1, 0.15) is 59.2 Å². The number of hydrogen-bond donors (Lipinski definition) is 2. The molecule has 0 saturated heterocycles. The Hall–Kier alpha value is -3.02. The summed E-state index contributed by atoms with van der Waals surface area (Å²) in [5, 5.41) is 5.96. The first-order valence-corrected chi connectivity index (χ1v) is 9.81. The maximum Gasteiger partial charge on any atom is 0.255 e. The van der Waals surface area contributed by atoms with Gasteiger partial charge in [-0.25, -0.2) is 0 Å². The Morgan fingerprint density at radius 3 is 2.14 bits per heavy atom. The fraction of sp³-hybridized carbons (Fsp3) is 0.364. The Bertz CT molecular complexity index is 855. The second kappa shape index (κ2) is 8.33. The number of carbonyl (C=O) groups is 2. The van der Waals surface area contributed by atoms with E-state index in [9.17, 15) is 9.59 Å². The number of fused-ring (bicyclic) bond motifs is 1. The van der Waals surface area contributed by atoms with E-state index in [1.807, 2.05) is 0 Å². The number of anilines is 1. The first kappa shape index (κ1) is 18.3. The minimum absolute atomic E-state index is 0.0744. The Labute approximate surface area is 164 Å². The van der Waals surface area contributed by atoms with Crippen LogP contribution in [-0.2, 0) is 0 Å². The van der Waals surface area contributed by atoms with E-state index < -0.39 is 0 Å². The summed E-state index contributed by atoms with van der Waals surface area (Å²) in [5.41, 5.74) is 1.69. The predicted octanol–water partition coefficient (Wildman–Crippen LogP) is 4.12. The van der Waals surface area contributed by atoms with Crippen molar-refractivity contribution >= 4 is 17.5 Å². The van der Waals surface area contributed by atoms with Gasteiger partial charge in [-0.05, 0) is 49.2 Å². The van der Waals surface area contributed by atoms with Crippen molar-refractivity contribution in [3.05, 3.63) is 53.6 Å². The van der Waals surface area contributed by atoms with E-state index in [1.165, 1.54) is 25.7 Å². The van der Waals surface area contributed by atoms with Crippen LogP contribution in [0.25, 0.3) is 0 Å². The Morgan fingerprint density at radius 2 is 1.43 bits per heavy atom. The van der Waals surface area contributed by atoms with Gasteiger partial charge in [0.2, 0.25) is 6.79 Å². The van der Waals surface area contributed by atoms with Gasteiger partial charge in [0.15, 0.2) is 11.5 Å². The molecule has 1 aliphatic carbocycles. The van der Waals surface area contributed by atoms with Crippen molar-refractivity contribution in [1.82, 2.24) is 5.32 Å². The Balaban J connectivity index is 1.36. The van der Waals surface area contributed by atoms with Gasteiger partial charge in [-0.15, -0.1) is 0 Å². The first-order valence-electron chi connectivity index (χ1n) is 9.81. The van der Waals surface area contributed by atoms with Gasteiger partial charge in [0.05, 0.1) is 0 Å². The molecule has 146 valence electrons. The molecule has 1 aliphatic heterocycles. The molecule has 2 N–H and O–H groups in total. The minimum Gasteiger partial charge on any atom is -0.454 e. The lowest BCUT2D eigenvalue weighted by molar-refractivity contribution is 0.0932. The largest absolute Gasteiger partial charge is 0.454 e. The summed E-state index contributed by atoms with van der Waals surface area (Å²) < 4.78 is 10.6. The van der Waals surface area contributed by atoms with E-state index in [4.69, 9.17) is 9.47 Å². The van der Waals surface area contributed by atoms with Gasteiger partial charge in [-0.1, -0.05) is 25.7 Å².